The van der Waals surface area contributed by atoms with Gasteiger partial charge in [-0.2, -0.15) is 26.3 Å². The first kappa shape index (κ1) is 31.4. The molecule has 1 saturated heterocycles. The number of nitrogens with one attached hydrogen (secondary N) is 1. The molecule has 1 amide bonds. The lowest BCUT2D eigenvalue weighted by Gasteiger charge is -2.36. The van der Waals surface area contributed by atoms with Crippen LogP contribution in [0, 0.1) is 0 Å². The van der Waals surface area contributed by atoms with Crippen LogP contribution in [-0.2, 0) is 16.4 Å². The number of aromatic carboxylic acids is 1. The highest BCUT2D eigenvalue weighted by Gasteiger charge is 2.49. The predicted molar refractivity (Wildman–Crippen MR) is 153 cm³/mol. The van der Waals surface area contributed by atoms with Crippen molar-refractivity contribution >= 4 is 17.6 Å². The van der Waals surface area contributed by atoms with Crippen molar-refractivity contribution in [2.45, 2.75) is 37.0 Å². The van der Waals surface area contributed by atoms with Gasteiger partial charge in [-0.1, -0.05) is 55.0 Å². The van der Waals surface area contributed by atoms with Crippen LogP contribution in [0.2, 0.25) is 0 Å². The van der Waals surface area contributed by atoms with Gasteiger partial charge in [0, 0.05) is 31.9 Å². The molecule has 0 atom stereocenters. The van der Waals surface area contributed by atoms with E-state index in [4.69, 9.17) is 5.11 Å². The van der Waals surface area contributed by atoms with Crippen molar-refractivity contribution in [3.8, 4) is 11.1 Å². The first-order chi connectivity index (χ1) is 20.8. The zero-order valence-corrected chi connectivity index (χ0v) is 23.6. The minimum atomic E-state index is -4.80. The number of alkyl halides is 6. The van der Waals surface area contributed by atoms with Crippen molar-refractivity contribution < 1.29 is 41.0 Å². The van der Waals surface area contributed by atoms with Gasteiger partial charge < -0.3 is 15.3 Å². The number of halogens is 6. The van der Waals surface area contributed by atoms with Crippen molar-refractivity contribution in [1.82, 2.24) is 10.2 Å². The minimum absolute atomic E-state index is 0.298. The average molecular weight is 620 g/mol. The fourth-order valence-electron chi connectivity index (χ4n) is 6.39. The Bertz CT molecular complexity index is 1480. The topological polar surface area (TPSA) is 72.9 Å². The highest BCUT2D eigenvalue weighted by Crippen LogP contribution is 2.51. The minimum Gasteiger partial charge on any atom is -0.478 e. The van der Waals surface area contributed by atoms with E-state index < -0.39 is 47.3 Å². The third kappa shape index (κ3) is 6.26. The fraction of sp³-hybridized carbons (Fsp3) is 0.375. The average Bonchev–Trinajstić information content (AvgIpc) is 3.28. The van der Waals surface area contributed by atoms with Gasteiger partial charge in [0.15, 0.2) is 0 Å². The van der Waals surface area contributed by atoms with E-state index in [2.05, 4.69) is 10.2 Å². The van der Waals surface area contributed by atoms with Gasteiger partial charge in [-0.3, -0.25) is 9.69 Å². The molecule has 3 aromatic carbocycles. The number of carboxylic acids is 1. The molecule has 44 heavy (non-hydrogen) atoms. The molecule has 5 rings (SSSR count). The van der Waals surface area contributed by atoms with E-state index in [1.54, 1.807) is 29.2 Å². The number of piperazine rings is 1. The van der Waals surface area contributed by atoms with Crippen LogP contribution >= 0.6 is 0 Å². The van der Waals surface area contributed by atoms with Gasteiger partial charge in [0.05, 0.1) is 11.1 Å². The number of rotatable bonds is 9. The van der Waals surface area contributed by atoms with E-state index in [0.717, 1.165) is 23.3 Å². The second-order valence-corrected chi connectivity index (χ2v) is 11.1. The smallest absolute Gasteiger partial charge is 0.417 e. The Kier molecular flexibility index (Phi) is 8.66. The van der Waals surface area contributed by atoms with Crippen molar-refractivity contribution in [1.29, 1.82) is 0 Å². The summed E-state index contributed by atoms with van der Waals surface area (Å²) in [6.07, 6.45) is -7.84. The molecule has 1 aliphatic carbocycles. The first-order valence-electron chi connectivity index (χ1n) is 14.3. The molecule has 3 aromatic rings. The third-order valence-electron chi connectivity index (χ3n) is 8.45. The van der Waals surface area contributed by atoms with E-state index >= 15 is 0 Å². The SMILES string of the molecule is O=C(O)c1ccc(N2CCN(CCCCC3(C(=O)NCC(F)(F)F)c4ccccc4-c4ccccc43)CC2)cc1C(F)(F)F. The summed E-state index contributed by atoms with van der Waals surface area (Å²) in [5, 5.41) is 11.3. The maximum Gasteiger partial charge on any atom is 0.417 e. The number of nitrogens with zero attached hydrogens (tertiary/aromatic N) is 2. The van der Waals surface area contributed by atoms with Crippen LogP contribution in [0.5, 0.6) is 0 Å². The second kappa shape index (κ2) is 12.1. The monoisotopic (exact) mass is 619 g/mol. The van der Waals surface area contributed by atoms with Crippen molar-refractivity contribution in [2.24, 2.45) is 0 Å². The number of fused-ring (bicyclic) bond motifs is 3. The molecule has 1 fully saturated rings. The van der Waals surface area contributed by atoms with Crippen LogP contribution in [0.1, 0.15) is 46.3 Å². The maximum absolute atomic E-state index is 13.6. The lowest BCUT2D eigenvalue weighted by atomic mass is 9.73. The molecule has 1 heterocycles. The van der Waals surface area contributed by atoms with E-state index in [-0.39, 0.29) is 0 Å². The quantitative estimate of drug-likeness (QED) is 0.216. The number of benzene rings is 3. The highest BCUT2D eigenvalue weighted by atomic mass is 19.4. The summed E-state index contributed by atoms with van der Waals surface area (Å²) in [4.78, 5) is 28.8. The molecule has 2 N–H and O–H groups in total. The van der Waals surface area contributed by atoms with Gasteiger partial charge in [0.25, 0.3) is 0 Å². The number of hydrogen-bond donors (Lipinski definition) is 2. The third-order valence-corrected chi connectivity index (χ3v) is 8.45. The summed E-state index contributed by atoms with van der Waals surface area (Å²) in [7, 11) is 0. The van der Waals surface area contributed by atoms with Crippen LogP contribution < -0.4 is 10.2 Å². The molecule has 0 radical (unpaired) electrons. The molecule has 12 heteroatoms. The first-order valence-corrected chi connectivity index (χ1v) is 14.3. The summed E-state index contributed by atoms with van der Waals surface area (Å²) in [5.74, 6) is -2.33. The lowest BCUT2D eigenvalue weighted by molar-refractivity contribution is -0.141. The van der Waals surface area contributed by atoms with Gasteiger partial charge in [-0.05, 0) is 59.8 Å². The van der Waals surface area contributed by atoms with E-state index in [1.807, 2.05) is 24.3 Å². The van der Waals surface area contributed by atoms with E-state index in [0.29, 0.717) is 68.8 Å². The zero-order chi connectivity index (χ0) is 31.7. The molecule has 0 spiro atoms. The molecule has 0 unspecified atom stereocenters. The lowest BCUT2D eigenvalue weighted by Crippen LogP contribution is -2.47. The van der Waals surface area contributed by atoms with E-state index in [9.17, 15) is 35.9 Å². The number of carbonyl (C=O) groups excluding carboxylic acids is 1. The Morgan fingerprint density at radius 2 is 1.41 bits per heavy atom. The van der Waals surface area contributed by atoms with Gasteiger partial charge in [0.1, 0.15) is 12.0 Å². The number of carbonyl (C=O) groups is 2. The maximum atomic E-state index is 13.6. The number of amides is 1. The molecule has 0 aromatic heterocycles. The van der Waals surface area contributed by atoms with Crippen LogP contribution in [0.15, 0.2) is 66.7 Å². The van der Waals surface area contributed by atoms with Crippen LogP contribution in [0.3, 0.4) is 0 Å². The number of unbranched alkanes of at least 4 members (excludes halogenated alkanes) is 1. The largest absolute Gasteiger partial charge is 0.478 e. The Hall–Kier alpha value is -4.06. The van der Waals surface area contributed by atoms with Gasteiger partial charge >= 0.3 is 18.3 Å². The summed E-state index contributed by atoms with van der Waals surface area (Å²) < 4.78 is 79.7. The summed E-state index contributed by atoms with van der Waals surface area (Å²) >= 11 is 0. The Morgan fingerprint density at radius 3 is 1.95 bits per heavy atom. The molecular formula is C32H31F6N3O3. The van der Waals surface area contributed by atoms with Gasteiger partial charge in [-0.15, -0.1) is 0 Å². The standard InChI is InChI=1S/C32H31F6N3O3/c33-31(34,35)20-39-29(44)30(25-9-3-1-7-22(25)23-8-2-4-10-26(23)30)13-5-6-14-40-15-17-41(18-16-40)21-11-12-24(28(42)43)27(19-21)32(36,37)38/h1-4,7-12,19H,5-6,13-18,20H2,(H,39,44)(H,42,43). The summed E-state index contributed by atoms with van der Waals surface area (Å²) in [6.45, 7) is 1.22. The van der Waals surface area contributed by atoms with Crippen molar-refractivity contribution in [3.05, 3.63) is 89.0 Å². The molecule has 0 saturated carbocycles. The molecule has 1 aliphatic heterocycles. The van der Waals surface area contributed by atoms with Gasteiger partial charge in [0.2, 0.25) is 5.91 Å². The van der Waals surface area contributed by atoms with Crippen LogP contribution in [0.4, 0.5) is 32.0 Å². The Balaban J connectivity index is 1.25. The molecule has 234 valence electrons. The van der Waals surface area contributed by atoms with Gasteiger partial charge in [-0.25, -0.2) is 4.79 Å². The second-order valence-electron chi connectivity index (χ2n) is 11.1. The molecule has 0 bridgehead atoms. The molecule has 6 nitrogen and oxygen atoms in total. The van der Waals surface area contributed by atoms with Crippen molar-refractivity contribution in [2.75, 3.05) is 44.2 Å². The fourth-order valence-corrected chi connectivity index (χ4v) is 6.39. The van der Waals surface area contributed by atoms with Crippen molar-refractivity contribution in [3.63, 3.8) is 0 Å². The number of anilines is 1. The highest BCUT2D eigenvalue weighted by molar-refractivity contribution is 6.00. The molecular weight excluding hydrogens is 588 g/mol. The predicted octanol–water partition coefficient (Wildman–Crippen LogP) is 6.34. The molecule has 2 aliphatic rings. The van der Waals surface area contributed by atoms with Crippen LogP contribution in [0.25, 0.3) is 11.1 Å². The zero-order valence-electron chi connectivity index (χ0n) is 23.6. The summed E-state index contributed by atoms with van der Waals surface area (Å²) in [5.41, 5.74) is 0.0640. The van der Waals surface area contributed by atoms with Crippen LogP contribution in [-0.4, -0.2) is 67.3 Å². The number of hydrogen-bond acceptors (Lipinski definition) is 4. The van der Waals surface area contributed by atoms with E-state index in [1.165, 1.54) is 6.07 Å². The normalized spacial score (nSPS) is 16.4. The Morgan fingerprint density at radius 1 is 0.818 bits per heavy atom. The summed E-state index contributed by atoms with van der Waals surface area (Å²) in [6, 6.07) is 17.8. The number of carboxylic acid groups (broad SMARTS) is 1. The Labute approximate surface area is 250 Å².